The number of carbonyl (C=O) groups is 1. The van der Waals surface area contributed by atoms with Gasteiger partial charge in [0, 0.05) is 48.5 Å². The summed E-state index contributed by atoms with van der Waals surface area (Å²) < 4.78 is 44.7. The lowest BCUT2D eigenvalue weighted by atomic mass is 9.91. The van der Waals surface area contributed by atoms with E-state index in [-0.39, 0.29) is 35.1 Å². The van der Waals surface area contributed by atoms with Crippen LogP contribution in [0.25, 0.3) is 22.3 Å². The van der Waals surface area contributed by atoms with E-state index in [1.54, 1.807) is 24.1 Å². The van der Waals surface area contributed by atoms with E-state index in [2.05, 4.69) is 30.6 Å². The molecule has 1 fully saturated rings. The summed E-state index contributed by atoms with van der Waals surface area (Å²) in [5, 5.41) is 6.38. The van der Waals surface area contributed by atoms with Gasteiger partial charge in [0.2, 0.25) is 0 Å². The second-order valence-corrected chi connectivity index (χ2v) is 8.50. The highest BCUT2D eigenvalue weighted by molar-refractivity contribution is 5.93. The second kappa shape index (κ2) is 8.81. The predicted molar refractivity (Wildman–Crippen MR) is 120 cm³/mol. The van der Waals surface area contributed by atoms with Crippen LogP contribution in [0.4, 0.5) is 19.0 Å². The zero-order chi connectivity index (χ0) is 23.8. The summed E-state index contributed by atoms with van der Waals surface area (Å²) in [5.41, 5.74) is 0.874. The monoisotopic (exact) mass is 469 g/mol. The third-order valence-electron chi connectivity index (χ3n) is 5.97. The number of carbonyl (C=O) groups excluding carboxylic acids is 1. The molecule has 1 amide bonds. The van der Waals surface area contributed by atoms with E-state index in [0.29, 0.717) is 23.1 Å². The first kappa shape index (κ1) is 21.9. The van der Waals surface area contributed by atoms with Gasteiger partial charge in [-0.3, -0.25) is 4.79 Å². The number of pyridine rings is 2. The smallest absolute Gasteiger partial charge is 0.271 e. The molecule has 1 saturated carbocycles. The van der Waals surface area contributed by atoms with E-state index in [9.17, 15) is 18.0 Å². The number of aromatic amines is 1. The minimum atomic E-state index is -0.864. The van der Waals surface area contributed by atoms with Gasteiger partial charge in [-0.05, 0) is 31.7 Å². The molecule has 4 aromatic rings. The molecule has 1 aliphatic rings. The van der Waals surface area contributed by atoms with Gasteiger partial charge in [0.05, 0.1) is 12.5 Å². The molecule has 0 bridgehead atoms. The highest BCUT2D eigenvalue weighted by Gasteiger charge is 2.26. The fourth-order valence-electron chi connectivity index (χ4n) is 4.37. The number of hydrogen-bond donors (Lipinski definition) is 3. The molecule has 176 valence electrons. The van der Waals surface area contributed by atoms with Crippen LogP contribution in [0.3, 0.4) is 0 Å². The van der Waals surface area contributed by atoms with Gasteiger partial charge in [0.25, 0.3) is 5.91 Å². The summed E-state index contributed by atoms with van der Waals surface area (Å²) in [6, 6.07) is 1.69. The van der Waals surface area contributed by atoms with Crippen molar-refractivity contribution < 1.29 is 18.0 Å². The molecule has 34 heavy (non-hydrogen) atoms. The maximum absolute atomic E-state index is 14.7. The number of aryl methyl sites for hydroxylation is 1. The Morgan fingerprint density at radius 2 is 1.97 bits per heavy atom. The molecule has 3 N–H and O–H groups in total. The van der Waals surface area contributed by atoms with Crippen molar-refractivity contribution in [1.82, 2.24) is 29.8 Å². The molecule has 0 radical (unpaired) electrons. The fourth-order valence-corrected chi connectivity index (χ4v) is 4.37. The topological polar surface area (TPSA) is 101 Å². The Morgan fingerprint density at radius 3 is 2.76 bits per heavy atom. The van der Waals surface area contributed by atoms with E-state index in [0.717, 1.165) is 31.5 Å². The third-order valence-corrected chi connectivity index (χ3v) is 5.97. The number of hydrogen-bond acceptors (Lipinski definition) is 5. The SMILES string of the molecule is Cn1cnc(C(=O)N[C@@H]2CCC[C@H](Nc3nc(-c4c[nH]c5ncc(F)cc45)c(F)cc3F)C2)c1. The Hall–Kier alpha value is -3.89. The van der Waals surface area contributed by atoms with Crippen molar-refractivity contribution in [3.8, 4) is 11.3 Å². The third kappa shape index (κ3) is 4.33. The highest BCUT2D eigenvalue weighted by Crippen LogP contribution is 2.31. The number of anilines is 1. The number of amides is 1. The number of imidazole rings is 1. The van der Waals surface area contributed by atoms with E-state index in [1.165, 1.54) is 12.3 Å². The zero-order valence-corrected chi connectivity index (χ0v) is 18.3. The molecule has 0 spiro atoms. The van der Waals surface area contributed by atoms with Crippen molar-refractivity contribution in [2.24, 2.45) is 7.05 Å². The quantitative estimate of drug-likeness (QED) is 0.411. The molecule has 5 rings (SSSR count). The van der Waals surface area contributed by atoms with E-state index in [4.69, 9.17) is 0 Å². The average molecular weight is 469 g/mol. The molecule has 0 unspecified atom stereocenters. The fraction of sp³-hybridized carbons (Fsp3) is 0.304. The van der Waals surface area contributed by atoms with Crippen LogP contribution in [-0.2, 0) is 7.05 Å². The zero-order valence-electron chi connectivity index (χ0n) is 18.3. The maximum atomic E-state index is 14.7. The maximum Gasteiger partial charge on any atom is 0.271 e. The lowest BCUT2D eigenvalue weighted by Gasteiger charge is -2.30. The molecule has 0 saturated heterocycles. The molecule has 0 aromatic carbocycles. The lowest BCUT2D eigenvalue weighted by Crippen LogP contribution is -2.42. The van der Waals surface area contributed by atoms with Crippen LogP contribution in [0.15, 0.2) is 37.1 Å². The van der Waals surface area contributed by atoms with E-state index in [1.807, 2.05) is 0 Å². The number of aromatic nitrogens is 5. The Balaban J connectivity index is 1.35. The van der Waals surface area contributed by atoms with E-state index >= 15 is 0 Å². The summed E-state index contributed by atoms with van der Waals surface area (Å²) in [4.78, 5) is 27.5. The first-order chi connectivity index (χ1) is 16.4. The van der Waals surface area contributed by atoms with Gasteiger partial charge >= 0.3 is 0 Å². The van der Waals surface area contributed by atoms with Crippen LogP contribution in [0, 0.1) is 17.5 Å². The Bertz CT molecular complexity index is 1370. The van der Waals surface area contributed by atoms with Gasteiger partial charge in [0.1, 0.15) is 22.9 Å². The number of rotatable bonds is 5. The van der Waals surface area contributed by atoms with Crippen LogP contribution in [-0.4, -0.2) is 42.5 Å². The molecular weight excluding hydrogens is 447 g/mol. The molecular formula is C23H22F3N7O. The summed E-state index contributed by atoms with van der Waals surface area (Å²) >= 11 is 0. The molecule has 2 atom stereocenters. The van der Waals surface area contributed by atoms with E-state index < -0.39 is 17.5 Å². The summed E-state index contributed by atoms with van der Waals surface area (Å²) in [5.74, 6) is -2.63. The predicted octanol–water partition coefficient (Wildman–Crippen LogP) is 3.93. The number of fused-ring (bicyclic) bond motifs is 1. The number of halogens is 3. The molecule has 0 aliphatic heterocycles. The van der Waals surface area contributed by atoms with Crippen LogP contribution in [0.2, 0.25) is 0 Å². The lowest BCUT2D eigenvalue weighted by molar-refractivity contribution is 0.0921. The van der Waals surface area contributed by atoms with Crippen LogP contribution >= 0.6 is 0 Å². The average Bonchev–Trinajstić information content (AvgIpc) is 3.42. The second-order valence-electron chi connectivity index (χ2n) is 8.50. The summed E-state index contributed by atoms with van der Waals surface area (Å²) in [7, 11) is 1.78. The van der Waals surface area contributed by atoms with Gasteiger partial charge < -0.3 is 20.2 Å². The van der Waals surface area contributed by atoms with Crippen molar-refractivity contribution in [1.29, 1.82) is 0 Å². The van der Waals surface area contributed by atoms with Crippen molar-refractivity contribution in [3.63, 3.8) is 0 Å². The van der Waals surface area contributed by atoms with Crippen LogP contribution < -0.4 is 10.6 Å². The molecule has 8 nitrogen and oxygen atoms in total. The molecule has 4 heterocycles. The molecule has 1 aliphatic carbocycles. The largest absolute Gasteiger partial charge is 0.365 e. The van der Waals surface area contributed by atoms with Crippen molar-refractivity contribution in [3.05, 3.63) is 60.2 Å². The van der Waals surface area contributed by atoms with Crippen LogP contribution in [0.1, 0.15) is 36.2 Å². The Morgan fingerprint density at radius 1 is 1.15 bits per heavy atom. The molecule has 4 aromatic heterocycles. The number of H-pyrrole nitrogens is 1. The first-order valence-electron chi connectivity index (χ1n) is 10.9. The van der Waals surface area contributed by atoms with Crippen LogP contribution in [0.5, 0.6) is 0 Å². The van der Waals surface area contributed by atoms with Gasteiger partial charge in [-0.1, -0.05) is 0 Å². The van der Waals surface area contributed by atoms with Crippen molar-refractivity contribution in [2.45, 2.75) is 37.8 Å². The van der Waals surface area contributed by atoms with Gasteiger partial charge in [-0.25, -0.2) is 28.1 Å². The standard InChI is InChI=1S/C23H22F3N7O/c1-33-10-19(29-11-33)23(34)31-14-4-2-3-13(6-14)30-22-18(26)7-17(25)20(32-22)16-9-28-21-15(16)5-12(24)8-27-21/h5,7-11,13-14H,2-4,6H2,1H3,(H,27,28)(H,30,32)(H,31,34)/t13-,14+/m0/s1. The number of nitrogens with zero attached hydrogens (tertiary/aromatic N) is 4. The van der Waals surface area contributed by atoms with Gasteiger partial charge in [0.15, 0.2) is 17.5 Å². The van der Waals surface area contributed by atoms with Gasteiger partial charge in [-0.15, -0.1) is 0 Å². The Labute approximate surface area is 192 Å². The normalized spacial score (nSPS) is 18.2. The van der Waals surface area contributed by atoms with Gasteiger partial charge in [-0.2, -0.15) is 0 Å². The summed E-state index contributed by atoms with van der Waals surface area (Å²) in [6.07, 6.45) is 8.60. The first-order valence-corrected chi connectivity index (χ1v) is 10.9. The Kier molecular flexibility index (Phi) is 5.68. The molecule has 11 heteroatoms. The minimum absolute atomic E-state index is 0.100. The summed E-state index contributed by atoms with van der Waals surface area (Å²) in [6.45, 7) is 0. The highest BCUT2D eigenvalue weighted by atomic mass is 19.1. The minimum Gasteiger partial charge on any atom is -0.365 e. The number of nitrogens with one attached hydrogen (secondary N) is 3. The van der Waals surface area contributed by atoms with Crippen molar-refractivity contribution in [2.75, 3.05) is 5.32 Å². The van der Waals surface area contributed by atoms with Crippen molar-refractivity contribution >= 4 is 22.8 Å².